The number of rotatable bonds is 5. The van der Waals surface area contributed by atoms with Gasteiger partial charge in [-0.2, -0.15) is 0 Å². The summed E-state index contributed by atoms with van der Waals surface area (Å²) in [5, 5.41) is 13.1. The maximum Gasteiger partial charge on any atom is 0.0790 e. The van der Waals surface area contributed by atoms with Crippen LogP contribution in [0.2, 0.25) is 0 Å². The molecule has 2 heterocycles. The zero-order valence-corrected chi connectivity index (χ0v) is 14.5. The van der Waals surface area contributed by atoms with Gasteiger partial charge in [0.05, 0.1) is 11.2 Å². The maximum absolute atomic E-state index is 9.43. The van der Waals surface area contributed by atoms with E-state index in [9.17, 15) is 5.11 Å². The van der Waals surface area contributed by atoms with E-state index in [4.69, 9.17) is 4.74 Å². The highest BCUT2D eigenvalue weighted by Crippen LogP contribution is 2.42. The first-order valence-electron chi connectivity index (χ1n) is 8.57. The average Bonchev–Trinajstić information content (AvgIpc) is 2.57. The van der Waals surface area contributed by atoms with E-state index < -0.39 is 0 Å². The fourth-order valence-electron chi connectivity index (χ4n) is 4.38. The summed E-state index contributed by atoms with van der Waals surface area (Å²) in [6.07, 6.45) is 2.37. The molecular formula is C17H34N2O2. The minimum Gasteiger partial charge on any atom is -0.396 e. The van der Waals surface area contributed by atoms with Gasteiger partial charge in [0.25, 0.3) is 0 Å². The van der Waals surface area contributed by atoms with Crippen molar-refractivity contribution in [2.75, 3.05) is 32.8 Å². The average molecular weight is 298 g/mol. The van der Waals surface area contributed by atoms with Crippen LogP contribution in [0.4, 0.5) is 0 Å². The smallest absolute Gasteiger partial charge is 0.0790 e. The second kappa shape index (κ2) is 6.53. The van der Waals surface area contributed by atoms with Gasteiger partial charge in [0, 0.05) is 31.7 Å². The number of likely N-dealkylation sites (tertiary alicyclic amines) is 1. The number of aliphatic hydroxyl groups excluding tert-OH is 1. The predicted octanol–water partition coefficient (Wildman–Crippen LogP) is 1.87. The van der Waals surface area contributed by atoms with E-state index in [0.29, 0.717) is 24.5 Å². The second-order valence-corrected chi connectivity index (χ2v) is 7.90. The van der Waals surface area contributed by atoms with Crippen LogP contribution in [-0.4, -0.2) is 60.0 Å². The minimum absolute atomic E-state index is 0.109. The Morgan fingerprint density at radius 3 is 2.57 bits per heavy atom. The molecule has 3 atom stereocenters. The van der Waals surface area contributed by atoms with Crippen LogP contribution < -0.4 is 5.32 Å². The number of ether oxygens (including phenoxy) is 1. The number of hydrogen-bond acceptors (Lipinski definition) is 4. The van der Waals surface area contributed by atoms with Crippen molar-refractivity contribution in [1.82, 2.24) is 10.2 Å². The molecule has 2 aliphatic rings. The predicted molar refractivity (Wildman–Crippen MR) is 86.4 cm³/mol. The quantitative estimate of drug-likeness (QED) is 0.813. The summed E-state index contributed by atoms with van der Waals surface area (Å²) in [6.45, 7) is 15.6. The van der Waals surface area contributed by atoms with Crippen LogP contribution in [0.1, 0.15) is 47.5 Å². The highest BCUT2D eigenvalue weighted by atomic mass is 16.5. The standard InChI is InChI=1S/C17H34N2O2/c1-6-18-15-14(16(2,3)21-17(15,4)5)11-19-9-7-8-13(10-19)12-20/h13-15,18,20H,6-12H2,1-5H3. The van der Waals surface area contributed by atoms with Crippen LogP contribution in [0.5, 0.6) is 0 Å². The molecular weight excluding hydrogens is 264 g/mol. The van der Waals surface area contributed by atoms with Crippen molar-refractivity contribution in [2.45, 2.75) is 64.7 Å². The molecule has 4 heteroatoms. The Hall–Kier alpha value is -0.160. The van der Waals surface area contributed by atoms with Gasteiger partial charge >= 0.3 is 0 Å². The lowest BCUT2D eigenvalue weighted by atomic mass is 9.81. The van der Waals surface area contributed by atoms with Crippen molar-refractivity contribution in [3.05, 3.63) is 0 Å². The molecule has 2 saturated heterocycles. The van der Waals surface area contributed by atoms with Gasteiger partial charge in [-0.1, -0.05) is 6.92 Å². The van der Waals surface area contributed by atoms with E-state index in [1.807, 2.05) is 0 Å². The van der Waals surface area contributed by atoms with Crippen molar-refractivity contribution in [2.24, 2.45) is 11.8 Å². The van der Waals surface area contributed by atoms with Gasteiger partial charge in [-0.3, -0.25) is 0 Å². The molecule has 0 spiro atoms. The van der Waals surface area contributed by atoms with Crippen LogP contribution in [-0.2, 0) is 4.74 Å². The van der Waals surface area contributed by atoms with E-state index >= 15 is 0 Å². The first-order chi connectivity index (χ1) is 9.80. The lowest BCUT2D eigenvalue weighted by molar-refractivity contribution is -0.0802. The summed E-state index contributed by atoms with van der Waals surface area (Å²) in [4.78, 5) is 2.53. The first kappa shape index (κ1) is 17.2. The molecule has 0 aromatic rings. The fraction of sp³-hybridized carbons (Fsp3) is 1.00. The number of piperidine rings is 1. The van der Waals surface area contributed by atoms with E-state index in [2.05, 4.69) is 44.8 Å². The van der Waals surface area contributed by atoms with Gasteiger partial charge in [0.1, 0.15) is 0 Å². The zero-order valence-electron chi connectivity index (χ0n) is 14.5. The van der Waals surface area contributed by atoms with Crippen molar-refractivity contribution in [3.8, 4) is 0 Å². The Balaban J connectivity index is 2.08. The van der Waals surface area contributed by atoms with Crippen molar-refractivity contribution >= 4 is 0 Å². The third kappa shape index (κ3) is 3.79. The Morgan fingerprint density at radius 1 is 1.24 bits per heavy atom. The maximum atomic E-state index is 9.43. The Labute approximate surface area is 130 Å². The van der Waals surface area contributed by atoms with Gasteiger partial charge in [-0.05, 0) is 59.5 Å². The van der Waals surface area contributed by atoms with Crippen molar-refractivity contribution in [3.63, 3.8) is 0 Å². The van der Waals surface area contributed by atoms with Gasteiger partial charge in [0.2, 0.25) is 0 Å². The summed E-state index contributed by atoms with van der Waals surface area (Å²) in [6, 6.07) is 0.381. The summed E-state index contributed by atoms with van der Waals surface area (Å²) in [5.41, 5.74) is -0.237. The molecule has 0 aromatic heterocycles. The molecule has 4 nitrogen and oxygen atoms in total. The second-order valence-electron chi connectivity index (χ2n) is 7.90. The van der Waals surface area contributed by atoms with Crippen LogP contribution in [0.15, 0.2) is 0 Å². The zero-order chi connectivity index (χ0) is 15.7. The van der Waals surface area contributed by atoms with Gasteiger partial charge in [-0.25, -0.2) is 0 Å². The molecule has 0 bridgehead atoms. The van der Waals surface area contributed by atoms with Gasteiger partial charge in [-0.15, -0.1) is 0 Å². The number of hydrogen-bond donors (Lipinski definition) is 2. The topological polar surface area (TPSA) is 44.7 Å². The number of nitrogens with one attached hydrogen (secondary N) is 1. The van der Waals surface area contributed by atoms with E-state index in [1.165, 1.54) is 12.8 Å². The van der Waals surface area contributed by atoms with E-state index in [0.717, 1.165) is 26.2 Å². The third-order valence-corrected chi connectivity index (χ3v) is 5.31. The first-order valence-corrected chi connectivity index (χ1v) is 8.57. The molecule has 2 aliphatic heterocycles. The molecule has 0 amide bonds. The number of nitrogens with zero attached hydrogens (tertiary/aromatic N) is 1. The molecule has 0 aromatic carbocycles. The van der Waals surface area contributed by atoms with Crippen molar-refractivity contribution < 1.29 is 9.84 Å². The van der Waals surface area contributed by atoms with Crippen LogP contribution in [0, 0.1) is 11.8 Å². The van der Waals surface area contributed by atoms with E-state index in [1.54, 1.807) is 0 Å². The molecule has 0 radical (unpaired) electrons. The number of likely N-dealkylation sites (N-methyl/N-ethyl adjacent to an activating group) is 1. The molecule has 124 valence electrons. The molecule has 2 fully saturated rings. The lowest BCUT2D eigenvalue weighted by Gasteiger charge is -2.38. The third-order valence-electron chi connectivity index (χ3n) is 5.31. The normalized spacial score (nSPS) is 36.0. The monoisotopic (exact) mass is 298 g/mol. The summed E-state index contributed by atoms with van der Waals surface area (Å²) in [5.74, 6) is 0.930. The molecule has 2 N–H and O–H groups in total. The van der Waals surface area contributed by atoms with Crippen LogP contribution in [0.25, 0.3) is 0 Å². The van der Waals surface area contributed by atoms with Gasteiger partial charge < -0.3 is 20.1 Å². The Kier molecular flexibility index (Phi) is 5.35. The largest absolute Gasteiger partial charge is 0.396 e. The lowest BCUT2D eigenvalue weighted by Crippen LogP contribution is -2.52. The van der Waals surface area contributed by atoms with Crippen LogP contribution >= 0.6 is 0 Å². The molecule has 0 aliphatic carbocycles. The van der Waals surface area contributed by atoms with E-state index in [-0.39, 0.29) is 11.2 Å². The molecule has 2 rings (SSSR count). The van der Waals surface area contributed by atoms with Gasteiger partial charge in [0.15, 0.2) is 0 Å². The SMILES string of the molecule is CCNC1C(CN2CCCC(CO)C2)C(C)(C)OC1(C)C. The molecule has 21 heavy (non-hydrogen) atoms. The summed E-state index contributed by atoms with van der Waals surface area (Å²) < 4.78 is 6.37. The van der Waals surface area contributed by atoms with Crippen LogP contribution in [0.3, 0.4) is 0 Å². The Morgan fingerprint density at radius 2 is 1.95 bits per heavy atom. The summed E-state index contributed by atoms with van der Waals surface area (Å²) >= 11 is 0. The minimum atomic E-state index is -0.129. The van der Waals surface area contributed by atoms with Crippen molar-refractivity contribution in [1.29, 1.82) is 0 Å². The highest BCUT2D eigenvalue weighted by Gasteiger charge is 2.53. The number of aliphatic hydroxyl groups is 1. The summed E-state index contributed by atoms with van der Waals surface area (Å²) in [7, 11) is 0. The Bertz CT molecular complexity index is 344. The fourth-order valence-corrected chi connectivity index (χ4v) is 4.38. The molecule has 3 unspecified atom stereocenters. The molecule has 0 saturated carbocycles. The highest BCUT2D eigenvalue weighted by molar-refractivity contribution is 5.06.